The lowest BCUT2D eigenvalue weighted by molar-refractivity contribution is 0.318. The minimum Gasteiger partial charge on any atom is -0.411 e. The molecular weight excluding hydrogens is 206 g/mol. The Bertz CT molecular complexity index is 492. The summed E-state index contributed by atoms with van der Waals surface area (Å²) < 4.78 is 27.1. The molecule has 0 radical (unpaired) electrons. The van der Waals surface area contributed by atoms with Gasteiger partial charge in [0.25, 0.3) is 0 Å². The van der Waals surface area contributed by atoms with E-state index in [0.29, 0.717) is 5.56 Å². The number of rotatable bonds is 0. The molecule has 0 fully saturated rings. The van der Waals surface area contributed by atoms with Crippen molar-refractivity contribution in [2.75, 3.05) is 5.75 Å². The van der Waals surface area contributed by atoms with Gasteiger partial charge in [0.05, 0.1) is 0 Å². The van der Waals surface area contributed by atoms with Crippen LogP contribution < -0.4 is 4.18 Å². The molecule has 74 valence electrons. The predicted molar refractivity (Wildman–Crippen MR) is 49.2 cm³/mol. The summed E-state index contributed by atoms with van der Waals surface area (Å²) in [5.74, 6) is -0.202. The van der Waals surface area contributed by atoms with Crippen LogP contribution >= 0.6 is 0 Å². The smallest absolute Gasteiger partial charge is 0.315 e. The molecule has 6 heteroatoms. The van der Waals surface area contributed by atoms with Crippen LogP contribution in [0.25, 0.3) is 0 Å². The van der Waals surface area contributed by atoms with Crippen molar-refractivity contribution in [1.29, 1.82) is 0 Å². The number of para-hydroxylation sites is 1. The van der Waals surface area contributed by atoms with Gasteiger partial charge in [-0.05, 0) is 12.1 Å². The molecule has 5 nitrogen and oxygen atoms in total. The van der Waals surface area contributed by atoms with Gasteiger partial charge in [0, 0.05) is 5.56 Å². The highest BCUT2D eigenvalue weighted by Gasteiger charge is 2.27. The number of hydrogen-bond acceptors (Lipinski definition) is 5. The van der Waals surface area contributed by atoms with Gasteiger partial charge in [-0.2, -0.15) is 8.42 Å². The Kier molecular flexibility index (Phi) is 1.92. The molecule has 0 amide bonds. The lowest BCUT2D eigenvalue weighted by Gasteiger charge is -2.16. The van der Waals surface area contributed by atoms with Crippen molar-refractivity contribution >= 4 is 15.8 Å². The molecule has 1 N–H and O–H groups in total. The zero-order valence-electron chi connectivity index (χ0n) is 7.04. The molecule has 0 bridgehead atoms. The van der Waals surface area contributed by atoms with Crippen molar-refractivity contribution < 1.29 is 17.8 Å². The van der Waals surface area contributed by atoms with Crippen molar-refractivity contribution in [2.24, 2.45) is 5.16 Å². The molecule has 0 atom stereocenters. The topological polar surface area (TPSA) is 76.0 Å². The molecule has 0 saturated heterocycles. The summed E-state index contributed by atoms with van der Waals surface area (Å²) in [6, 6.07) is 6.51. The largest absolute Gasteiger partial charge is 0.411 e. The summed E-state index contributed by atoms with van der Waals surface area (Å²) in [6.45, 7) is 0. The normalized spacial score (nSPS) is 21.3. The molecule has 1 aromatic carbocycles. The summed E-state index contributed by atoms with van der Waals surface area (Å²) in [4.78, 5) is 0. The van der Waals surface area contributed by atoms with Crippen molar-refractivity contribution in [1.82, 2.24) is 0 Å². The van der Waals surface area contributed by atoms with Crippen LogP contribution in [-0.2, 0) is 10.1 Å². The Morgan fingerprint density at radius 2 is 2.07 bits per heavy atom. The zero-order valence-corrected chi connectivity index (χ0v) is 7.86. The molecule has 1 aliphatic heterocycles. The average molecular weight is 213 g/mol. The van der Waals surface area contributed by atoms with Gasteiger partial charge in [-0.15, -0.1) is 0 Å². The van der Waals surface area contributed by atoms with Crippen molar-refractivity contribution in [3.05, 3.63) is 29.8 Å². The molecular formula is C8H7NO4S. The fraction of sp³-hybridized carbons (Fsp3) is 0.125. The number of nitrogens with zero attached hydrogens (tertiary/aromatic N) is 1. The van der Waals surface area contributed by atoms with E-state index in [0.717, 1.165) is 0 Å². The molecule has 1 heterocycles. The third kappa shape index (κ3) is 1.44. The molecule has 0 spiro atoms. The number of hydrogen-bond donors (Lipinski definition) is 1. The molecule has 0 aromatic heterocycles. The van der Waals surface area contributed by atoms with Crippen LogP contribution in [0.2, 0.25) is 0 Å². The summed E-state index contributed by atoms with van der Waals surface area (Å²) >= 11 is 0. The lowest BCUT2D eigenvalue weighted by Crippen LogP contribution is -2.27. The van der Waals surface area contributed by atoms with Gasteiger partial charge in [0.2, 0.25) is 0 Å². The van der Waals surface area contributed by atoms with E-state index >= 15 is 0 Å². The van der Waals surface area contributed by atoms with E-state index < -0.39 is 15.9 Å². The fourth-order valence-corrected chi connectivity index (χ4v) is 2.30. The van der Waals surface area contributed by atoms with E-state index in [1.54, 1.807) is 18.2 Å². The van der Waals surface area contributed by atoms with Crippen molar-refractivity contribution in [2.45, 2.75) is 0 Å². The van der Waals surface area contributed by atoms with Crippen LogP contribution in [0, 0.1) is 0 Å². The standard InChI is InChI=1S/C8H7NO4S/c10-9-7-5-14(11,12)13-8-4-2-1-3-6(7)8/h1-4,10H,5H2/b9-7+. The van der Waals surface area contributed by atoms with Crippen molar-refractivity contribution in [3.8, 4) is 5.75 Å². The van der Waals surface area contributed by atoms with Crippen molar-refractivity contribution in [3.63, 3.8) is 0 Å². The zero-order chi connectivity index (χ0) is 10.2. The van der Waals surface area contributed by atoms with E-state index in [1.165, 1.54) is 6.07 Å². The first-order chi connectivity index (χ1) is 6.62. The van der Waals surface area contributed by atoms with E-state index in [2.05, 4.69) is 5.16 Å². The summed E-state index contributed by atoms with van der Waals surface area (Å²) in [6.07, 6.45) is 0. The van der Waals surface area contributed by atoms with Crippen LogP contribution in [-0.4, -0.2) is 25.1 Å². The second kappa shape index (κ2) is 2.98. The molecule has 1 aromatic rings. The van der Waals surface area contributed by atoms with Crippen LogP contribution in [0.1, 0.15) is 5.56 Å². The Balaban J connectivity index is 2.63. The molecule has 1 aliphatic rings. The monoisotopic (exact) mass is 213 g/mol. The van der Waals surface area contributed by atoms with E-state index in [4.69, 9.17) is 9.39 Å². The SMILES string of the molecule is O=S1(=O)C/C(=N\O)c2ccccc2O1. The van der Waals surface area contributed by atoms with Gasteiger partial charge in [0.15, 0.2) is 5.75 Å². The third-order valence-corrected chi connectivity index (χ3v) is 2.91. The minimum atomic E-state index is -3.65. The molecule has 0 unspecified atom stereocenters. The highest BCUT2D eigenvalue weighted by atomic mass is 32.2. The summed E-state index contributed by atoms with van der Waals surface area (Å²) in [5, 5.41) is 11.6. The first kappa shape index (κ1) is 9.01. The van der Waals surface area contributed by atoms with Gasteiger partial charge in [-0.3, -0.25) is 0 Å². The first-order valence-corrected chi connectivity index (χ1v) is 5.42. The number of oxime groups is 1. The molecule has 2 rings (SSSR count). The molecule has 0 saturated carbocycles. The maximum absolute atomic E-state index is 11.2. The Morgan fingerprint density at radius 3 is 2.79 bits per heavy atom. The van der Waals surface area contributed by atoms with Crippen LogP contribution in [0.5, 0.6) is 5.75 Å². The van der Waals surface area contributed by atoms with Gasteiger partial charge in [-0.1, -0.05) is 17.3 Å². The first-order valence-electron chi connectivity index (χ1n) is 3.85. The second-order valence-corrected chi connectivity index (χ2v) is 4.40. The lowest BCUT2D eigenvalue weighted by atomic mass is 10.1. The number of benzene rings is 1. The predicted octanol–water partition coefficient (Wildman–Crippen LogP) is 0.587. The highest BCUT2D eigenvalue weighted by Crippen LogP contribution is 2.25. The average Bonchev–Trinajstić information content (AvgIpc) is 2.15. The molecule has 14 heavy (non-hydrogen) atoms. The quantitative estimate of drug-likeness (QED) is 0.388. The summed E-state index contributed by atoms with van der Waals surface area (Å²) in [7, 11) is -3.65. The van der Waals surface area contributed by atoms with Crippen LogP contribution in [0.15, 0.2) is 29.4 Å². The number of fused-ring (bicyclic) bond motifs is 1. The van der Waals surface area contributed by atoms with Gasteiger partial charge < -0.3 is 9.39 Å². The van der Waals surface area contributed by atoms with Crippen LogP contribution in [0.3, 0.4) is 0 Å². The highest BCUT2D eigenvalue weighted by molar-refractivity contribution is 7.88. The van der Waals surface area contributed by atoms with E-state index in [9.17, 15) is 8.42 Å². The van der Waals surface area contributed by atoms with Gasteiger partial charge in [-0.25, -0.2) is 0 Å². The summed E-state index contributed by atoms with van der Waals surface area (Å²) in [5.41, 5.74) is 0.608. The fourth-order valence-electron chi connectivity index (χ4n) is 1.27. The minimum absolute atomic E-state index is 0.104. The Labute approximate surface area is 80.7 Å². The molecule has 0 aliphatic carbocycles. The maximum atomic E-state index is 11.2. The van der Waals surface area contributed by atoms with Gasteiger partial charge >= 0.3 is 10.1 Å². The third-order valence-electron chi connectivity index (χ3n) is 1.85. The Morgan fingerprint density at radius 1 is 1.36 bits per heavy atom. The van der Waals surface area contributed by atoms with E-state index in [1.807, 2.05) is 0 Å². The van der Waals surface area contributed by atoms with E-state index in [-0.39, 0.29) is 11.5 Å². The maximum Gasteiger partial charge on any atom is 0.315 e. The van der Waals surface area contributed by atoms with Gasteiger partial charge in [0.1, 0.15) is 11.5 Å². The van der Waals surface area contributed by atoms with Crippen LogP contribution in [0.4, 0.5) is 0 Å². The Hall–Kier alpha value is -1.56. The second-order valence-electron chi connectivity index (χ2n) is 2.83.